The quantitative estimate of drug-likeness (QED) is 0.136. The summed E-state index contributed by atoms with van der Waals surface area (Å²) in [5.41, 5.74) is 5.86. The molecule has 4 aromatic carbocycles. The summed E-state index contributed by atoms with van der Waals surface area (Å²) in [4.78, 5) is 12.2. The average Bonchev–Trinajstić information content (AvgIpc) is 3.49. The first-order valence-electron chi connectivity index (χ1n) is 13.6. The number of nitrogens with one attached hydrogen (secondary N) is 1. The van der Waals surface area contributed by atoms with E-state index in [1.807, 2.05) is 48.5 Å². The van der Waals surface area contributed by atoms with Gasteiger partial charge in [0.1, 0.15) is 41.8 Å². The number of ether oxygens (including phenoxy) is 3. The van der Waals surface area contributed by atoms with Crippen LogP contribution < -0.4 is 14.8 Å². The van der Waals surface area contributed by atoms with Gasteiger partial charge in [0.15, 0.2) is 0 Å². The molecule has 0 bridgehead atoms. The van der Waals surface area contributed by atoms with Crippen molar-refractivity contribution < 1.29 is 28.7 Å². The van der Waals surface area contributed by atoms with Gasteiger partial charge in [0, 0.05) is 28.2 Å². The Morgan fingerprint density at radius 1 is 0.953 bits per heavy atom. The lowest BCUT2D eigenvalue weighted by molar-refractivity contribution is -0.146. The van der Waals surface area contributed by atoms with Gasteiger partial charge in [-0.15, -0.1) is 0 Å². The van der Waals surface area contributed by atoms with Crippen molar-refractivity contribution >= 4 is 44.5 Å². The molecule has 1 aromatic heterocycles. The molecule has 222 valence electrons. The third-order valence-electron chi connectivity index (χ3n) is 6.67. The summed E-state index contributed by atoms with van der Waals surface area (Å²) in [6, 6.07) is 24.2. The van der Waals surface area contributed by atoms with E-state index >= 15 is 0 Å². The van der Waals surface area contributed by atoms with Crippen LogP contribution in [0.1, 0.15) is 23.6 Å². The van der Waals surface area contributed by atoms with Crippen molar-refractivity contribution in [3.05, 3.63) is 105 Å². The molecule has 0 unspecified atom stereocenters. The zero-order chi connectivity index (χ0) is 30.2. The molecule has 0 spiro atoms. The van der Waals surface area contributed by atoms with Gasteiger partial charge in [-0.2, -0.15) is 0 Å². The van der Waals surface area contributed by atoms with Crippen molar-refractivity contribution in [1.29, 1.82) is 0 Å². The van der Waals surface area contributed by atoms with Crippen LogP contribution in [0.4, 0.5) is 0 Å². The average molecular weight is 667 g/mol. The molecule has 5 rings (SSSR count). The number of carbonyl (C=O) groups excluding carboxylic acids is 1. The summed E-state index contributed by atoms with van der Waals surface area (Å²) in [7, 11) is 0. The zero-order valence-electron chi connectivity index (χ0n) is 23.3. The molecule has 9 nitrogen and oxygen atoms in total. The van der Waals surface area contributed by atoms with E-state index in [1.165, 1.54) is 0 Å². The Balaban J connectivity index is 1.38. The fourth-order valence-electron chi connectivity index (χ4n) is 4.42. The Morgan fingerprint density at radius 2 is 1.74 bits per heavy atom. The summed E-state index contributed by atoms with van der Waals surface area (Å²) in [6.45, 7) is 2.13. The first-order valence-corrected chi connectivity index (χ1v) is 14.8. The lowest BCUT2D eigenvalue weighted by atomic mass is 10.0. The number of benzene rings is 4. The molecule has 0 radical (unpaired) electrons. The number of aliphatic hydroxyl groups is 1. The zero-order valence-corrected chi connectivity index (χ0v) is 25.6. The van der Waals surface area contributed by atoms with E-state index in [9.17, 15) is 9.90 Å². The number of hydrogen-bond acceptors (Lipinski definition) is 9. The number of aliphatic hydroxyl groups excluding tert-OH is 1. The molecule has 0 saturated heterocycles. The van der Waals surface area contributed by atoms with E-state index in [1.54, 1.807) is 25.1 Å². The summed E-state index contributed by atoms with van der Waals surface area (Å²) < 4.78 is 23.2. The van der Waals surface area contributed by atoms with Crippen LogP contribution in [0.5, 0.6) is 11.5 Å². The highest BCUT2D eigenvalue weighted by Crippen LogP contribution is 2.36. The largest absolute Gasteiger partial charge is 0.488 e. The minimum absolute atomic E-state index is 0.177. The van der Waals surface area contributed by atoms with E-state index in [0.29, 0.717) is 33.1 Å². The number of halogens is 2. The van der Waals surface area contributed by atoms with Gasteiger partial charge < -0.3 is 19.3 Å². The molecule has 0 aliphatic carbocycles. The first kappa shape index (κ1) is 30.5. The summed E-state index contributed by atoms with van der Waals surface area (Å²) in [5.74, 6) is 0.372. The number of esters is 1. The van der Waals surface area contributed by atoms with Crippen molar-refractivity contribution in [1.82, 2.24) is 15.6 Å². The van der Waals surface area contributed by atoms with Crippen LogP contribution in [-0.2, 0) is 29.3 Å². The van der Waals surface area contributed by atoms with Crippen LogP contribution in [0.15, 0.2) is 88.0 Å². The lowest BCUT2D eigenvalue weighted by Crippen LogP contribution is -2.40. The molecule has 5 aromatic rings. The molecule has 0 fully saturated rings. The molecule has 0 saturated carbocycles. The van der Waals surface area contributed by atoms with Crippen LogP contribution in [0, 0.1) is 0 Å². The van der Waals surface area contributed by atoms with E-state index < -0.39 is 18.6 Å². The topological polar surface area (TPSA) is 116 Å². The van der Waals surface area contributed by atoms with Gasteiger partial charge in [0.25, 0.3) is 0 Å². The van der Waals surface area contributed by atoms with Gasteiger partial charge >= 0.3 is 5.97 Å². The van der Waals surface area contributed by atoms with Gasteiger partial charge in [0.05, 0.1) is 18.2 Å². The Hall–Kier alpha value is -3.96. The smallest absolute Gasteiger partial charge is 0.325 e. The second kappa shape index (κ2) is 14.5. The van der Waals surface area contributed by atoms with Crippen molar-refractivity contribution in [2.24, 2.45) is 0 Å². The molecule has 43 heavy (non-hydrogen) atoms. The monoisotopic (exact) mass is 665 g/mol. The molecular formula is C32H29BrClN3O6. The van der Waals surface area contributed by atoms with Crippen LogP contribution in [0.3, 0.4) is 0 Å². The van der Waals surface area contributed by atoms with E-state index in [4.69, 9.17) is 30.4 Å². The van der Waals surface area contributed by atoms with Crippen molar-refractivity contribution in [3.8, 4) is 22.6 Å². The molecule has 11 heteroatoms. The highest BCUT2D eigenvalue weighted by molar-refractivity contribution is 9.10. The number of fused-ring (bicyclic) bond motifs is 1. The normalized spacial score (nSPS) is 11.8. The minimum Gasteiger partial charge on any atom is -0.488 e. The predicted molar refractivity (Wildman–Crippen MR) is 166 cm³/mol. The van der Waals surface area contributed by atoms with Crippen molar-refractivity contribution in [2.45, 2.75) is 32.7 Å². The fraction of sp³-hybridized carbons (Fsp3) is 0.219. The maximum Gasteiger partial charge on any atom is 0.325 e. The molecule has 1 atom stereocenters. The number of rotatable bonds is 13. The lowest BCUT2D eigenvalue weighted by Gasteiger charge is -2.19. The highest BCUT2D eigenvalue weighted by Gasteiger charge is 2.20. The molecule has 0 aliphatic rings. The van der Waals surface area contributed by atoms with Crippen LogP contribution in [0.25, 0.3) is 22.2 Å². The van der Waals surface area contributed by atoms with Gasteiger partial charge in [-0.3, -0.25) is 10.1 Å². The van der Waals surface area contributed by atoms with Crippen molar-refractivity contribution in [2.75, 3.05) is 13.2 Å². The summed E-state index contributed by atoms with van der Waals surface area (Å²) in [6.07, 6.45) is 0. The van der Waals surface area contributed by atoms with Gasteiger partial charge in [0.2, 0.25) is 0 Å². The maximum absolute atomic E-state index is 12.2. The third-order valence-corrected chi connectivity index (χ3v) is 7.90. The molecular weight excluding hydrogens is 638 g/mol. The van der Waals surface area contributed by atoms with Crippen LogP contribution >= 0.6 is 27.5 Å². The molecule has 1 heterocycles. The Bertz CT molecular complexity index is 1700. The Kier molecular flexibility index (Phi) is 10.3. The predicted octanol–water partition coefficient (Wildman–Crippen LogP) is 6.48. The minimum atomic E-state index is -0.904. The van der Waals surface area contributed by atoms with E-state index in [-0.39, 0.29) is 26.4 Å². The van der Waals surface area contributed by atoms with Crippen molar-refractivity contribution in [3.63, 3.8) is 0 Å². The summed E-state index contributed by atoms with van der Waals surface area (Å²) >= 11 is 10.4. The van der Waals surface area contributed by atoms with Crippen LogP contribution in [-0.4, -0.2) is 40.6 Å². The second-order valence-electron chi connectivity index (χ2n) is 9.57. The Labute approximate surface area is 261 Å². The number of nitrogens with zero attached hydrogens (tertiary/aromatic N) is 2. The fourth-order valence-corrected chi connectivity index (χ4v) is 5.27. The standard InChI is InChI=1S/C32H29BrClN3O6/c1-2-40-32(39)28(17-38)35-16-23-14-25(34)30(15-29(23)41-18-20-11-12-26-27(13-20)37-43-36-26)42-19-22-9-6-10-24(31(22)33)21-7-4-3-5-8-21/h3-15,28,35,38H,2,16-19H2,1H3/t28-/m1/s1. The summed E-state index contributed by atoms with van der Waals surface area (Å²) in [5, 5.41) is 20.8. The van der Waals surface area contributed by atoms with E-state index in [0.717, 1.165) is 26.7 Å². The highest BCUT2D eigenvalue weighted by atomic mass is 79.9. The Morgan fingerprint density at radius 3 is 2.53 bits per heavy atom. The molecule has 0 aliphatic heterocycles. The SMILES string of the molecule is CCOC(=O)[C@@H](CO)NCc1cc(Cl)c(OCc2cccc(-c3ccccc3)c2Br)cc1OCc1ccc2nonc2c1. The maximum atomic E-state index is 12.2. The first-order chi connectivity index (χ1) is 21.0. The van der Waals surface area contributed by atoms with Gasteiger partial charge in [-0.25, -0.2) is 4.63 Å². The van der Waals surface area contributed by atoms with Gasteiger partial charge in [-0.1, -0.05) is 66.2 Å². The molecule has 0 amide bonds. The number of aromatic nitrogens is 2. The van der Waals surface area contributed by atoms with E-state index in [2.05, 4.69) is 43.7 Å². The van der Waals surface area contributed by atoms with Gasteiger partial charge in [-0.05, 0) is 68.1 Å². The number of carbonyl (C=O) groups is 1. The number of hydrogen-bond donors (Lipinski definition) is 2. The molecule has 2 N–H and O–H groups in total. The third kappa shape index (κ3) is 7.52. The van der Waals surface area contributed by atoms with Crippen LogP contribution in [0.2, 0.25) is 5.02 Å². The second-order valence-corrected chi connectivity index (χ2v) is 10.8.